The second-order valence-electron chi connectivity index (χ2n) is 15.8. The van der Waals surface area contributed by atoms with E-state index in [1.54, 1.807) is 0 Å². The van der Waals surface area contributed by atoms with Crippen molar-refractivity contribution in [3.05, 3.63) is 97.2 Å². The summed E-state index contributed by atoms with van der Waals surface area (Å²) in [5.74, 6) is -1.30. The zero-order valence-electron chi connectivity index (χ0n) is 38.3. The molecule has 7 heteroatoms. The van der Waals surface area contributed by atoms with Crippen LogP contribution in [0.4, 0.5) is 0 Å². The summed E-state index contributed by atoms with van der Waals surface area (Å²) in [6.45, 7) is 4.71. The Bertz CT molecular complexity index is 1260. The van der Waals surface area contributed by atoms with Gasteiger partial charge in [0.1, 0.15) is 12.1 Å². The Morgan fingerprint density at radius 3 is 1.38 bits per heavy atom. The number of carboxylic acid groups (broad SMARTS) is 1. The van der Waals surface area contributed by atoms with E-state index in [4.69, 9.17) is 10.5 Å². The minimum Gasteiger partial charge on any atom is -0.480 e. The maximum absolute atomic E-state index is 12.8. The average molecular weight is 833 g/mol. The number of nitrogens with one attached hydrogen (secondary N) is 1. The van der Waals surface area contributed by atoms with Crippen LogP contribution in [0.25, 0.3) is 0 Å². The molecule has 60 heavy (non-hydrogen) atoms. The molecule has 0 aliphatic rings. The molecule has 2 unspecified atom stereocenters. The molecule has 2 atom stereocenters. The highest BCUT2D eigenvalue weighted by Gasteiger charge is 2.19. The number of carbonyl (C=O) groups is 3. The van der Waals surface area contributed by atoms with Crippen LogP contribution in [0.3, 0.4) is 0 Å². The fraction of sp³-hybridized carbons (Fsp3) is 0.642. The van der Waals surface area contributed by atoms with Gasteiger partial charge in [0.2, 0.25) is 5.91 Å². The van der Waals surface area contributed by atoms with Gasteiger partial charge in [-0.25, -0.2) is 4.79 Å². The number of hydrogen-bond acceptors (Lipinski definition) is 5. The van der Waals surface area contributed by atoms with Crippen molar-refractivity contribution in [1.82, 2.24) is 5.32 Å². The molecule has 0 radical (unpaired) electrons. The van der Waals surface area contributed by atoms with Crippen LogP contribution in [0.1, 0.15) is 200 Å². The van der Waals surface area contributed by atoms with E-state index in [-0.39, 0.29) is 18.0 Å². The van der Waals surface area contributed by atoms with Crippen molar-refractivity contribution < 1.29 is 24.2 Å². The Kier molecular flexibility index (Phi) is 43.5. The maximum atomic E-state index is 12.8. The summed E-state index contributed by atoms with van der Waals surface area (Å²) in [4.78, 5) is 36.5. The summed E-state index contributed by atoms with van der Waals surface area (Å²) in [5.41, 5.74) is 5.49. The zero-order chi connectivity index (χ0) is 43.8. The standard InChI is InChI=1S/C53H88N2O5/c1-3-5-7-9-11-13-15-17-18-19-20-21-22-23-24-26-28-30-32-37-41-47-52(57)60-49(43-38-34-31-29-27-25-16-14-12-10-8-6-4-2)44-39-35-33-36-40-46-51(56)55-50(53(58)59)45-42-48-54/h5-8,11-14,17-18,20-21,25,27,31,34,49-50H,3-4,9-10,15-16,19,22-24,26,28-30,32-33,35-48,54H2,1-2H3,(H,55,56)(H,58,59)/b7-5-,8-6-,13-11-,14-12-,18-17-,21-20-,27-25-,34-31-. The molecule has 0 saturated heterocycles. The van der Waals surface area contributed by atoms with Crippen LogP contribution in [-0.2, 0) is 19.1 Å². The van der Waals surface area contributed by atoms with Gasteiger partial charge in [-0.05, 0) is 122 Å². The summed E-state index contributed by atoms with van der Waals surface area (Å²) in [5, 5.41) is 12.0. The van der Waals surface area contributed by atoms with Crippen molar-refractivity contribution in [2.24, 2.45) is 5.73 Å². The minimum atomic E-state index is -1.01. The SMILES string of the molecule is CC/C=C\C/C=C\C/C=C\C/C=C\CCCCCCCCCCC(=O)OC(CC/C=C\C/C=C\C/C=C\C/C=C\CC)CCCCCCCC(=O)NC(CCCN)C(=O)O. The molecule has 0 saturated carbocycles. The van der Waals surface area contributed by atoms with Gasteiger partial charge in [-0.3, -0.25) is 9.59 Å². The Labute approximate surface area is 367 Å². The van der Waals surface area contributed by atoms with E-state index < -0.39 is 12.0 Å². The van der Waals surface area contributed by atoms with Gasteiger partial charge in [-0.15, -0.1) is 0 Å². The summed E-state index contributed by atoms with van der Waals surface area (Å²) < 4.78 is 6.02. The van der Waals surface area contributed by atoms with Gasteiger partial charge in [-0.1, -0.05) is 169 Å². The van der Waals surface area contributed by atoms with Crippen LogP contribution >= 0.6 is 0 Å². The monoisotopic (exact) mass is 833 g/mol. The van der Waals surface area contributed by atoms with E-state index >= 15 is 0 Å². The molecule has 0 rings (SSSR count). The topological polar surface area (TPSA) is 119 Å². The quantitative estimate of drug-likeness (QED) is 0.0320. The lowest BCUT2D eigenvalue weighted by molar-refractivity contribution is -0.150. The highest BCUT2D eigenvalue weighted by atomic mass is 16.5. The number of unbranched alkanes of at least 4 members (excludes halogenated alkanes) is 12. The molecule has 0 aromatic heterocycles. The summed E-state index contributed by atoms with van der Waals surface area (Å²) >= 11 is 0. The molecular weight excluding hydrogens is 745 g/mol. The summed E-state index contributed by atoms with van der Waals surface area (Å²) in [6.07, 6.45) is 63.2. The minimum absolute atomic E-state index is 0.0712. The highest BCUT2D eigenvalue weighted by Crippen LogP contribution is 2.17. The first-order valence-electron chi connectivity index (χ1n) is 24.1. The molecule has 7 nitrogen and oxygen atoms in total. The molecule has 0 spiro atoms. The fourth-order valence-corrected chi connectivity index (χ4v) is 6.61. The number of amides is 1. The largest absolute Gasteiger partial charge is 0.480 e. The lowest BCUT2D eigenvalue weighted by Gasteiger charge is -2.17. The number of carbonyl (C=O) groups excluding carboxylic acids is 2. The number of ether oxygens (including phenoxy) is 1. The third-order valence-corrected chi connectivity index (χ3v) is 10.2. The van der Waals surface area contributed by atoms with Crippen LogP contribution in [-0.4, -0.2) is 41.6 Å². The third-order valence-electron chi connectivity index (χ3n) is 10.2. The van der Waals surface area contributed by atoms with Gasteiger partial charge >= 0.3 is 11.9 Å². The Morgan fingerprint density at radius 2 is 0.900 bits per heavy atom. The number of nitrogens with two attached hydrogens (primary N) is 1. The van der Waals surface area contributed by atoms with Crippen LogP contribution in [0, 0.1) is 0 Å². The lowest BCUT2D eigenvalue weighted by Crippen LogP contribution is -2.40. The van der Waals surface area contributed by atoms with E-state index in [0.717, 1.165) is 116 Å². The molecule has 0 aromatic rings. The first-order valence-corrected chi connectivity index (χ1v) is 24.1. The molecule has 0 bridgehead atoms. The van der Waals surface area contributed by atoms with Gasteiger partial charge in [-0.2, -0.15) is 0 Å². The number of allylic oxidation sites excluding steroid dienone is 16. The molecule has 0 aromatic carbocycles. The first-order chi connectivity index (χ1) is 29.4. The predicted molar refractivity (Wildman–Crippen MR) is 257 cm³/mol. The zero-order valence-corrected chi connectivity index (χ0v) is 38.3. The molecule has 0 aliphatic carbocycles. The summed E-state index contributed by atoms with van der Waals surface area (Å²) in [7, 11) is 0. The van der Waals surface area contributed by atoms with E-state index in [2.05, 4.69) is 116 Å². The smallest absolute Gasteiger partial charge is 0.326 e. The molecule has 4 N–H and O–H groups in total. The number of aliphatic carboxylic acids is 1. The first kappa shape index (κ1) is 56.3. The van der Waals surface area contributed by atoms with Gasteiger partial charge in [0.05, 0.1) is 0 Å². The highest BCUT2D eigenvalue weighted by molar-refractivity contribution is 5.83. The molecule has 0 heterocycles. The predicted octanol–water partition coefficient (Wildman–Crippen LogP) is 14.2. The lowest BCUT2D eigenvalue weighted by atomic mass is 10.0. The maximum Gasteiger partial charge on any atom is 0.326 e. The number of hydrogen-bond donors (Lipinski definition) is 3. The van der Waals surface area contributed by atoms with Gasteiger partial charge in [0.25, 0.3) is 0 Å². The molecule has 1 amide bonds. The van der Waals surface area contributed by atoms with Crippen LogP contribution in [0.5, 0.6) is 0 Å². The second kappa shape index (κ2) is 46.4. The fourth-order valence-electron chi connectivity index (χ4n) is 6.61. The molecule has 0 fully saturated rings. The van der Waals surface area contributed by atoms with Crippen LogP contribution in [0.15, 0.2) is 97.2 Å². The van der Waals surface area contributed by atoms with E-state index in [9.17, 15) is 19.5 Å². The van der Waals surface area contributed by atoms with Gasteiger partial charge in [0, 0.05) is 12.8 Å². The van der Waals surface area contributed by atoms with Crippen molar-refractivity contribution in [2.75, 3.05) is 6.54 Å². The van der Waals surface area contributed by atoms with Crippen molar-refractivity contribution in [3.63, 3.8) is 0 Å². The third kappa shape index (κ3) is 42.4. The van der Waals surface area contributed by atoms with Crippen molar-refractivity contribution in [1.29, 1.82) is 0 Å². The second-order valence-corrected chi connectivity index (χ2v) is 15.8. The van der Waals surface area contributed by atoms with Gasteiger partial charge < -0.3 is 20.9 Å². The van der Waals surface area contributed by atoms with Crippen molar-refractivity contribution in [3.8, 4) is 0 Å². The molecular formula is C53H88N2O5. The van der Waals surface area contributed by atoms with Gasteiger partial charge in [0.15, 0.2) is 0 Å². The normalized spacial score (nSPS) is 13.5. The van der Waals surface area contributed by atoms with E-state index in [0.29, 0.717) is 32.2 Å². The number of esters is 1. The Morgan fingerprint density at radius 1 is 0.483 bits per heavy atom. The Balaban J connectivity index is 4.39. The average Bonchev–Trinajstić information content (AvgIpc) is 3.23. The van der Waals surface area contributed by atoms with Crippen molar-refractivity contribution in [2.45, 2.75) is 212 Å². The van der Waals surface area contributed by atoms with Crippen LogP contribution < -0.4 is 11.1 Å². The van der Waals surface area contributed by atoms with Crippen LogP contribution in [0.2, 0.25) is 0 Å². The number of carboxylic acids is 1. The Hall–Kier alpha value is -3.71. The molecule has 0 aliphatic heterocycles. The molecule has 340 valence electrons. The summed E-state index contributed by atoms with van der Waals surface area (Å²) in [6, 6.07) is -0.870. The van der Waals surface area contributed by atoms with E-state index in [1.165, 1.54) is 44.9 Å². The van der Waals surface area contributed by atoms with E-state index in [1.807, 2.05) is 0 Å². The van der Waals surface area contributed by atoms with Crippen molar-refractivity contribution >= 4 is 17.8 Å². The number of rotatable bonds is 42.